The van der Waals surface area contributed by atoms with Crippen molar-refractivity contribution in [3.8, 4) is 0 Å². The zero-order valence-corrected chi connectivity index (χ0v) is 15.3. The molecule has 0 atom stereocenters. The van der Waals surface area contributed by atoms with Gasteiger partial charge in [-0.15, -0.1) is 0 Å². The number of hydrogen-bond acceptors (Lipinski definition) is 5. The number of anilines is 5. The number of hydrogen-bond donors (Lipinski definition) is 3. The second-order valence-electron chi connectivity index (χ2n) is 5.61. The summed E-state index contributed by atoms with van der Waals surface area (Å²) < 4.78 is 0. The molecule has 0 saturated carbocycles. The van der Waals surface area contributed by atoms with Gasteiger partial charge in [-0.2, -0.15) is 0 Å². The molecule has 2 aromatic carbocycles. The maximum absolute atomic E-state index is 6.23. The first-order valence-electron chi connectivity index (χ1n) is 7.61. The third kappa shape index (κ3) is 3.78. The zero-order chi connectivity index (χ0) is 18.0. The van der Waals surface area contributed by atoms with Gasteiger partial charge < -0.3 is 16.4 Å². The number of rotatable bonds is 4. The maximum atomic E-state index is 6.23. The number of nitrogens with one attached hydrogen (secondary N) is 2. The highest BCUT2D eigenvalue weighted by atomic mass is 35.5. The van der Waals surface area contributed by atoms with E-state index in [1.165, 1.54) is 11.9 Å². The average Bonchev–Trinajstić information content (AvgIpc) is 2.57. The topological polar surface area (TPSA) is 75.9 Å². The number of halogens is 2. The van der Waals surface area contributed by atoms with Crippen molar-refractivity contribution in [3.63, 3.8) is 0 Å². The third-order valence-electron chi connectivity index (χ3n) is 3.93. The van der Waals surface area contributed by atoms with Crippen LogP contribution in [0.1, 0.15) is 11.1 Å². The molecule has 0 amide bonds. The SMILES string of the molecule is Cc1cccc(Nc2ncnc(Nc3ccc(Cl)cc3Cl)c2N)c1C. The molecule has 0 aliphatic carbocycles. The van der Waals surface area contributed by atoms with Crippen LogP contribution in [0.25, 0.3) is 0 Å². The Hall–Kier alpha value is -2.50. The van der Waals surface area contributed by atoms with Gasteiger partial charge in [0.1, 0.15) is 12.0 Å². The van der Waals surface area contributed by atoms with Gasteiger partial charge in [-0.3, -0.25) is 0 Å². The summed E-state index contributed by atoms with van der Waals surface area (Å²) in [4.78, 5) is 8.44. The molecule has 4 N–H and O–H groups in total. The first kappa shape index (κ1) is 17.3. The van der Waals surface area contributed by atoms with Crippen LogP contribution < -0.4 is 16.4 Å². The molecule has 25 heavy (non-hydrogen) atoms. The highest BCUT2D eigenvalue weighted by Crippen LogP contribution is 2.32. The van der Waals surface area contributed by atoms with Gasteiger partial charge in [0.25, 0.3) is 0 Å². The number of nitrogen functional groups attached to an aromatic ring is 1. The number of aryl methyl sites for hydroxylation is 1. The molecule has 1 aromatic heterocycles. The molecular formula is C18H17Cl2N5. The van der Waals surface area contributed by atoms with Crippen molar-refractivity contribution in [1.29, 1.82) is 0 Å². The Morgan fingerprint density at radius 2 is 1.60 bits per heavy atom. The number of nitrogens with two attached hydrogens (primary N) is 1. The minimum Gasteiger partial charge on any atom is -0.393 e. The fraction of sp³-hybridized carbons (Fsp3) is 0.111. The van der Waals surface area contributed by atoms with E-state index in [0.29, 0.717) is 33.1 Å². The van der Waals surface area contributed by atoms with E-state index >= 15 is 0 Å². The van der Waals surface area contributed by atoms with Gasteiger partial charge in [0.2, 0.25) is 0 Å². The first-order valence-corrected chi connectivity index (χ1v) is 8.37. The Balaban J connectivity index is 1.91. The Morgan fingerprint density at radius 3 is 2.28 bits per heavy atom. The van der Waals surface area contributed by atoms with Gasteiger partial charge >= 0.3 is 0 Å². The van der Waals surface area contributed by atoms with Crippen molar-refractivity contribution < 1.29 is 0 Å². The van der Waals surface area contributed by atoms with Gasteiger partial charge in [0.15, 0.2) is 11.6 Å². The lowest BCUT2D eigenvalue weighted by Gasteiger charge is -2.15. The summed E-state index contributed by atoms with van der Waals surface area (Å²) in [5.41, 5.74) is 10.6. The molecule has 0 saturated heterocycles. The van der Waals surface area contributed by atoms with Gasteiger partial charge in [-0.1, -0.05) is 35.3 Å². The van der Waals surface area contributed by atoms with E-state index in [4.69, 9.17) is 28.9 Å². The normalized spacial score (nSPS) is 10.6. The molecule has 0 aliphatic heterocycles. The average molecular weight is 374 g/mol. The van der Waals surface area contributed by atoms with E-state index < -0.39 is 0 Å². The minimum atomic E-state index is 0.398. The van der Waals surface area contributed by atoms with E-state index in [-0.39, 0.29) is 0 Å². The van der Waals surface area contributed by atoms with E-state index in [1.807, 2.05) is 19.1 Å². The largest absolute Gasteiger partial charge is 0.393 e. The van der Waals surface area contributed by atoms with Crippen LogP contribution in [0.3, 0.4) is 0 Å². The van der Waals surface area contributed by atoms with Crippen LogP contribution in [0.5, 0.6) is 0 Å². The van der Waals surface area contributed by atoms with Crippen molar-refractivity contribution in [2.24, 2.45) is 0 Å². The van der Waals surface area contributed by atoms with Crippen LogP contribution in [-0.2, 0) is 0 Å². The van der Waals surface area contributed by atoms with Crippen molar-refractivity contribution in [2.45, 2.75) is 13.8 Å². The van der Waals surface area contributed by atoms with Crippen molar-refractivity contribution in [2.75, 3.05) is 16.4 Å². The summed E-state index contributed by atoms with van der Waals surface area (Å²) in [6, 6.07) is 11.2. The lowest BCUT2D eigenvalue weighted by Crippen LogP contribution is -2.06. The second kappa shape index (κ2) is 7.17. The molecule has 3 rings (SSSR count). The van der Waals surface area contributed by atoms with Gasteiger partial charge in [-0.25, -0.2) is 9.97 Å². The number of nitrogens with zero attached hydrogens (tertiary/aromatic N) is 2. The van der Waals surface area contributed by atoms with E-state index in [0.717, 1.165) is 11.3 Å². The fourth-order valence-electron chi connectivity index (χ4n) is 2.33. The molecule has 128 valence electrons. The predicted molar refractivity (Wildman–Crippen MR) is 105 cm³/mol. The lowest BCUT2D eigenvalue weighted by atomic mass is 10.1. The Bertz CT molecular complexity index is 927. The van der Waals surface area contributed by atoms with Gasteiger partial charge in [0, 0.05) is 10.7 Å². The molecular weight excluding hydrogens is 357 g/mol. The Kier molecular flexibility index (Phi) is 4.97. The zero-order valence-electron chi connectivity index (χ0n) is 13.8. The summed E-state index contributed by atoms with van der Waals surface area (Å²) >= 11 is 12.1. The van der Waals surface area contributed by atoms with E-state index in [2.05, 4.69) is 33.6 Å². The summed E-state index contributed by atoms with van der Waals surface area (Å²) in [7, 11) is 0. The van der Waals surface area contributed by atoms with Gasteiger partial charge in [-0.05, 0) is 49.2 Å². The van der Waals surface area contributed by atoms with E-state index in [1.54, 1.807) is 18.2 Å². The van der Waals surface area contributed by atoms with Crippen LogP contribution in [-0.4, -0.2) is 9.97 Å². The van der Waals surface area contributed by atoms with Crippen LogP contribution in [0.15, 0.2) is 42.7 Å². The van der Waals surface area contributed by atoms with E-state index in [9.17, 15) is 0 Å². The molecule has 0 aliphatic rings. The predicted octanol–water partition coefficient (Wildman–Crippen LogP) is 5.47. The standard InChI is InChI=1S/C18H17Cl2N5/c1-10-4-3-5-14(11(10)2)24-17-16(21)18(23-9-22-17)25-15-7-6-12(19)8-13(15)20/h3-9H,21H2,1-2H3,(H2,22,23,24,25). The Morgan fingerprint density at radius 1 is 0.920 bits per heavy atom. The third-order valence-corrected chi connectivity index (χ3v) is 4.47. The van der Waals surface area contributed by atoms with Crippen LogP contribution >= 0.6 is 23.2 Å². The molecule has 0 radical (unpaired) electrons. The lowest BCUT2D eigenvalue weighted by molar-refractivity contribution is 1.17. The maximum Gasteiger partial charge on any atom is 0.159 e. The number of benzene rings is 2. The van der Waals surface area contributed by atoms with Crippen LogP contribution in [0, 0.1) is 13.8 Å². The monoisotopic (exact) mass is 373 g/mol. The Labute approximate surface area is 156 Å². The van der Waals surface area contributed by atoms with Gasteiger partial charge in [0.05, 0.1) is 10.7 Å². The molecule has 7 heteroatoms. The fourth-order valence-corrected chi connectivity index (χ4v) is 2.78. The highest BCUT2D eigenvalue weighted by molar-refractivity contribution is 6.36. The van der Waals surface area contributed by atoms with Crippen LogP contribution in [0.4, 0.5) is 28.7 Å². The highest BCUT2D eigenvalue weighted by Gasteiger charge is 2.11. The summed E-state index contributed by atoms with van der Waals surface area (Å²) in [6.45, 7) is 4.10. The molecule has 0 bridgehead atoms. The smallest absolute Gasteiger partial charge is 0.159 e. The molecule has 0 fully saturated rings. The quantitative estimate of drug-likeness (QED) is 0.565. The molecule has 5 nitrogen and oxygen atoms in total. The van der Waals surface area contributed by atoms with Crippen molar-refractivity contribution in [1.82, 2.24) is 9.97 Å². The summed E-state index contributed by atoms with van der Waals surface area (Å²) in [5, 5.41) is 7.41. The number of aromatic nitrogens is 2. The van der Waals surface area contributed by atoms with Crippen molar-refractivity contribution in [3.05, 3.63) is 63.9 Å². The summed E-state index contributed by atoms with van der Waals surface area (Å²) in [5.74, 6) is 0.989. The summed E-state index contributed by atoms with van der Waals surface area (Å²) in [6.07, 6.45) is 1.44. The second-order valence-corrected chi connectivity index (χ2v) is 6.45. The molecule has 3 aromatic rings. The van der Waals surface area contributed by atoms with Crippen molar-refractivity contribution >= 4 is 51.9 Å². The first-order chi connectivity index (χ1) is 12.0. The molecule has 1 heterocycles. The minimum absolute atomic E-state index is 0.398. The van der Waals surface area contributed by atoms with Crippen LogP contribution in [0.2, 0.25) is 10.0 Å². The molecule has 0 unspecified atom stereocenters. The molecule has 0 spiro atoms.